The molecular formula is C12H18O2. The Balaban J connectivity index is 2.68. The lowest BCUT2D eigenvalue weighted by Crippen LogP contribution is -2.32. The van der Waals surface area contributed by atoms with Gasteiger partial charge >= 0.3 is 0 Å². The van der Waals surface area contributed by atoms with E-state index in [9.17, 15) is 5.11 Å². The normalized spacial score (nSPS) is 15.1. The first-order valence-electron chi connectivity index (χ1n) is 4.80. The van der Waals surface area contributed by atoms with Crippen molar-refractivity contribution in [3.05, 3.63) is 35.4 Å². The van der Waals surface area contributed by atoms with Gasteiger partial charge in [0.05, 0.1) is 12.2 Å². The van der Waals surface area contributed by atoms with Crippen LogP contribution in [0.15, 0.2) is 24.3 Å². The highest BCUT2D eigenvalue weighted by molar-refractivity contribution is 5.23. The summed E-state index contributed by atoms with van der Waals surface area (Å²) >= 11 is 0. The number of rotatable bonds is 4. The zero-order valence-electron chi connectivity index (χ0n) is 9.08. The Bertz CT molecular complexity index is 292. The molecule has 2 heteroatoms. The second-order valence-electron chi connectivity index (χ2n) is 4.10. The molecule has 1 unspecified atom stereocenters. The van der Waals surface area contributed by atoms with Crippen LogP contribution in [0.4, 0.5) is 0 Å². The largest absolute Gasteiger partial charge is 0.387 e. The zero-order valence-corrected chi connectivity index (χ0v) is 9.08. The summed E-state index contributed by atoms with van der Waals surface area (Å²) in [6, 6.07) is 8.17. The molecule has 0 amide bonds. The molecule has 0 saturated heterocycles. The molecule has 1 aromatic carbocycles. The Morgan fingerprint density at radius 3 is 2.71 bits per heavy atom. The van der Waals surface area contributed by atoms with Crippen LogP contribution in [-0.2, 0) is 11.2 Å². The highest BCUT2D eigenvalue weighted by Gasteiger charge is 2.20. The van der Waals surface area contributed by atoms with Crippen molar-refractivity contribution in [2.75, 3.05) is 13.7 Å². The van der Waals surface area contributed by atoms with Crippen LogP contribution in [0, 0.1) is 6.92 Å². The van der Waals surface area contributed by atoms with Gasteiger partial charge in [-0.25, -0.2) is 0 Å². The highest BCUT2D eigenvalue weighted by Crippen LogP contribution is 2.14. The molecule has 1 aromatic rings. The zero-order chi connectivity index (χ0) is 10.6. The lowest BCUT2D eigenvalue weighted by atomic mass is 9.96. The van der Waals surface area contributed by atoms with Gasteiger partial charge in [0.1, 0.15) is 0 Å². The van der Waals surface area contributed by atoms with Crippen LogP contribution in [-0.4, -0.2) is 24.4 Å². The molecule has 78 valence electrons. The van der Waals surface area contributed by atoms with Crippen molar-refractivity contribution in [3.63, 3.8) is 0 Å². The van der Waals surface area contributed by atoms with E-state index in [1.165, 1.54) is 5.56 Å². The minimum atomic E-state index is -0.775. The van der Waals surface area contributed by atoms with Crippen LogP contribution in [0.3, 0.4) is 0 Å². The van der Waals surface area contributed by atoms with Gasteiger partial charge < -0.3 is 9.84 Å². The number of aryl methyl sites for hydroxylation is 1. The molecule has 0 fully saturated rings. The van der Waals surface area contributed by atoms with E-state index in [1.807, 2.05) is 12.1 Å². The summed E-state index contributed by atoms with van der Waals surface area (Å²) in [6.07, 6.45) is 0.627. The Morgan fingerprint density at radius 2 is 2.14 bits per heavy atom. The molecule has 0 radical (unpaired) electrons. The minimum absolute atomic E-state index is 0.362. The third-order valence-electron chi connectivity index (χ3n) is 2.12. The van der Waals surface area contributed by atoms with E-state index in [1.54, 1.807) is 14.0 Å². The van der Waals surface area contributed by atoms with Crippen LogP contribution in [0.1, 0.15) is 18.1 Å². The van der Waals surface area contributed by atoms with Crippen molar-refractivity contribution in [2.45, 2.75) is 25.9 Å². The lowest BCUT2D eigenvalue weighted by Gasteiger charge is -2.22. The van der Waals surface area contributed by atoms with Crippen molar-refractivity contribution >= 4 is 0 Å². The summed E-state index contributed by atoms with van der Waals surface area (Å²) in [5.41, 5.74) is 1.59. The first-order valence-corrected chi connectivity index (χ1v) is 4.80. The van der Waals surface area contributed by atoms with Gasteiger partial charge in [0.25, 0.3) is 0 Å². The first kappa shape index (κ1) is 11.2. The minimum Gasteiger partial charge on any atom is -0.387 e. The average molecular weight is 194 g/mol. The van der Waals surface area contributed by atoms with E-state index in [4.69, 9.17) is 4.74 Å². The summed E-state index contributed by atoms with van der Waals surface area (Å²) < 4.78 is 4.96. The molecular weight excluding hydrogens is 176 g/mol. The van der Waals surface area contributed by atoms with Crippen molar-refractivity contribution in [1.82, 2.24) is 0 Å². The number of hydrogen-bond donors (Lipinski definition) is 1. The predicted octanol–water partition coefficient (Wildman–Crippen LogP) is 1.93. The number of hydrogen-bond acceptors (Lipinski definition) is 2. The molecule has 0 bridgehead atoms. The fourth-order valence-electron chi connectivity index (χ4n) is 1.62. The van der Waals surface area contributed by atoms with Crippen molar-refractivity contribution < 1.29 is 9.84 Å². The third-order valence-corrected chi connectivity index (χ3v) is 2.12. The summed E-state index contributed by atoms with van der Waals surface area (Å²) in [5.74, 6) is 0. The fourth-order valence-corrected chi connectivity index (χ4v) is 1.62. The molecule has 1 rings (SSSR count). The van der Waals surface area contributed by atoms with Crippen LogP contribution < -0.4 is 0 Å². The van der Waals surface area contributed by atoms with E-state index < -0.39 is 5.60 Å². The molecule has 0 spiro atoms. The topological polar surface area (TPSA) is 29.5 Å². The molecule has 0 aliphatic rings. The molecule has 0 saturated carbocycles. The van der Waals surface area contributed by atoms with Crippen molar-refractivity contribution in [1.29, 1.82) is 0 Å². The van der Waals surface area contributed by atoms with Gasteiger partial charge in [0.15, 0.2) is 0 Å². The number of ether oxygens (including phenoxy) is 1. The van der Waals surface area contributed by atoms with Crippen LogP contribution in [0.25, 0.3) is 0 Å². The maximum absolute atomic E-state index is 9.93. The van der Waals surface area contributed by atoms with Gasteiger partial charge in [-0.05, 0) is 19.4 Å². The van der Waals surface area contributed by atoms with Gasteiger partial charge in [0.2, 0.25) is 0 Å². The van der Waals surface area contributed by atoms with E-state index in [-0.39, 0.29) is 0 Å². The van der Waals surface area contributed by atoms with E-state index >= 15 is 0 Å². The number of aliphatic hydroxyl groups is 1. The van der Waals surface area contributed by atoms with Crippen LogP contribution in [0.5, 0.6) is 0 Å². The monoisotopic (exact) mass is 194 g/mol. The van der Waals surface area contributed by atoms with Crippen LogP contribution in [0.2, 0.25) is 0 Å². The summed E-state index contributed by atoms with van der Waals surface area (Å²) in [6.45, 7) is 4.20. The van der Waals surface area contributed by atoms with Crippen molar-refractivity contribution in [3.8, 4) is 0 Å². The van der Waals surface area contributed by atoms with E-state index in [0.29, 0.717) is 13.0 Å². The second-order valence-corrected chi connectivity index (χ2v) is 4.10. The number of methoxy groups -OCH3 is 1. The Morgan fingerprint density at radius 1 is 1.43 bits per heavy atom. The predicted molar refractivity (Wildman–Crippen MR) is 57.4 cm³/mol. The molecule has 0 heterocycles. The molecule has 0 aliphatic heterocycles. The van der Waals surface area contributed by atoms with Crippen molar-refractivity contribution in [2.24, 2.45) is 0 Å². The summed E-state index contributed by atoms with van der Waals surface area (Å²) in [7, 11) is 1.60. The second kappa shape index (κ2) is 4.58. The number of benzene rings is 1. The van der Waals surface area contributed by atoms with Crippen LogP contribution >= 0.6 is 0 Å². The fraction of sp³-hybridized carbons (Fsp3) is 0.500. The van der Waals surface area contributed by atoms with Gasteiger partial charge in [-0.1, -0.05) is 29.8 Å². The Hall–Kier alpha value is -0.860. The van der Waals surface area contributed by atoms with Gasteiger partial charge in [0, 0.05) is 13.5 Å². The SMILES string of the molecule is COCC(C)(O)Cc1cccc(C)c1. The highest BCUT2D eigenvalue weighted by atomic mass is 16.5. The molecule has 0 aliphatic carbocycles. The molecule has 1 N–H and O–H groups in total. The van der Waals surface area contributed by atoms with Gasteiger partial charge in [-0.2, -0.15) is 0 Å². The smallest absolute Gasteiger partial charge is 0.0892 e. The lowest BCUT2D eigenvalue weighted by molar-refractivity contribution is -0.0161. The van der Waals surface area contributed by atoms with E-state index in [0.717, 1.165) is 5.56 Å². The maximum Gasteiger partial charge on any atom is 0.0892 e. The summed E-state index contributed by atoms with van der Waals surface area (Å²) in [5, 5.41) is 9.93. The standard InChI is InChI=1S/C12H18O2/c1-10-5-4-6-11(7-10)8-12(2,13)9-14-3/h4-7,13H,8-9H2,1-3H3. The summed E-state index contributed by atoms with van der Waals surface area (Å²) in [4.78, 5) is 0. The molecule has 2 nitrogen and oxygen atoms in total. The molecule has 1 atom stereocenters. The Labute approximate surface area is 85.5 Å². The van der Waals surface area contributed by atoms with Gasteiger partial charge in [-0.3, -0.25) is 0 Å². The van der Waals surface area contributed by atoms with Gasteiger partial charge in [-0.15, -0.1) is 0 Å². The van der Waals surface area contributed by atoms with E-state index in [2.05, 4.69) is 19.1 Å². The third kappa shape index (κ3) is 3.48. The average Bonchev–Trinajstić information content (AvgIpc) is 2.02. The quantitative estimate of drug-likeness (QED) is 0.793. The molecule has 0 aromatic heterocycles. The molecule has 14 heavy (non-hydrogen) atoms. The Kier molecular flexibility index (Phi) is 3.67. The first-order chi connectivity index (χ1) is 6.53. The maximum atomic E-state index is 9.93.